The maximum absolute atomic E-state index is 5.59. The summed E-state index contributed by atoms with van der Waals surface area (Å²) in [6.45, 7) is 0. The van der Waals surface area contributed by atoms with E-state index in [0.29, 0.717) is 5.89 Å². The van der Waals surface area contributed by atoms with Gasteiger partial charge in [0.2, 0.25) is 0 Å². The lowest BCUT2D eigenvalue weighted by Gasteiger charge is -1.98. The molecule has 0 N–H and O–H groups in total. The van der Waals surface area contributed by atoms with Crippen molar-refractivity contribution < 1.29 is 4.52 Å². The third-order valence-electron chi connectivity index (χ3n) is 2.25. The Hall–Kier alpha value is -2.14. The molecule has 0 spiro atoms. The van der Waals surface area contributed by atoms with Crippen molar-refractivity contribution in [2.75, 3.05) is 0 Å². The van der Waals surface area contributed by atoms with E-state index in [1.807, 2.05) is 30.3 Å². The van der Waals surface area contributed by atoms with Crippen LogP contribution in [0.1, 0.15) is 0 Å². The highest BCUT2D eigenvalue weighted by Crippen LogP contribution is 2.19. The van der Waals surface area contributed by atoms with E-state index >= 15 is 0 Å². The van der Waals surface area contributed by atoms with Crippen LogP contribution in [0, 0.1) is 0 Å². The molecule has 0 bridgehead atoms. The first kappa shape index (κ1) is 10.0. The van der Waals surface area contributed by atoms with Crippen molar-refractivity contribution in [1.82, 2.24) is 19.9 Å². The van der Waals surface area contributed by atoms with Crippen molar-refractivity contribution >= 4 is 11.6 Å². The van der Waals surface area contributed by atoms with Crippen LogP contribution in [0.2, 0.25) is 5.28 Å². The highest BCUT2D eigenvalue weighted by atomic mass is 35.5. The molecule has 0 unspecified atom stereocenters. The van der Waals surface area contributed by atoms with Gasteiger partial charge in [-0.1, -0.05) is 18.2 Å². The minimum atomic E-state index is 0.0902. The van der Waals surface area contributed by atoms with Crippen molar-refractivity contribution in [2.24, 2.45) is 0 Å². The molecule has 5 nitrogen and oxygen atoms in total. The summed E-state index contributed by atoms with van der Waals surface area (Å²) in [4.78, 5) is 3.92. The van der Waals surface area contributed by atoms with Gasteiger partial charge in [0.25, 0.3) is 11.2 Å². The van der Waals surface area contributed by atoms with Crippen LogP contribution in [-0.2, 0) is 0 Å². The smallest absolute Gasteiger partial charge is 0.264 e. The molecule has 2 heterocycles. The minimum Gasteiger partial charge on any atom is -0.333 e. The molecule has 0 aliphatic rings. The summed E-state index contributed by atoms with van der Waals surface area (Å²) in [6, 6.07) is 9.75. The summed E-state index contributed by atoms with van der Waals surface area (Å²) in [5.74, 6) is 0.359. The molecule has 84 valence electrons. The zero-order valence-electron chi connectivity index (χ0n) is 8.62. The first-order valence-electron chi connectivity index (χ1n) is 4.92. The van der Waals surface area contributed by atoms with E-state index in [2.05, 4.69) is 15.2 Å². The standard InChI is InChI=1S/C11H7ClN4O/c12-11-14-10(17-15-11)8-6-13-16(7-8)9-4-2-1-3-5-9/h1-7H. The molecule has 0 radical (unpaired) electrons. The van der Waals surface area contributed by atoms with Crippen LogP contribution in [-0.4, -0.2) is 19.9 Å². The van der Waals surface area contributed by atoms with Crippen LogP contribution in [0.15, 0.2) is 47.2 Å². The Balaban J connectivity index is 1.99. The molecule has 0 amide bonds. The van der Waals surface area contributed by atoms with E-state index < -0.39 is 0 Å². The fraction of sp³-hybridized carbons (Fsp3) is 0. The number of hydrogen-bond acceptors (Lipinski definition) is 4. The molecule has 0 fully saturated rings. The van der Waals surface area contributed by atoms with Crippen molar-refractivity contribution in [3.05, 3.63) is 48.0 Å². The van der Waals surface area contributed by atoms with Gasteiger partial charge in [0, 0.05) is 6.20 Å². The van der Waals surface area contributed by atoms with Crippen LogP contribution < -0.4 is 0 Å². The topological polar surface area (TPSA) is 56.7 Å². The normalized spacial score (nSPS) is 10.6. The van der Waals surface area contributed by atoms with Crippen LogP contribution in [0.4, 0.5) is 0 Å². The molecule has 6 heteroatoms. The van der Waals surface area contributed by atoms with Gasteiger partial charge in [0.05, 0.1) is 17.4 Å². The number of benzene rings is 1. The first-order valence-corrected chi connectivity index (χ1v) is 5.30. The molecule has 0 saturated heterocycles. The fourth-order valence-corrected chi connectivity index (χ4v) is 1.59. The Labute approximate surface area is 102 Å². The summed E-state index contributed by atoms with van der Waals surface area (Å²) in [5, 5.41) is 7.83. The quantitative estimate of drug-likeness (QED) is 0.697. The Morgan fingerprint density at radius 2 is 2.00 bits per heavy atom. The summed E-state index contributed by atoms with van der Waals surface area (Å²) >= 11 is 5.59. The largest absolute Gasteiger partial charge is 0.333 e. The number of nitrogens with zero attached hydrogens (tertiary/aromatic N) is 4. The highest BCUT2D eigenvalue weighted by Gasteiger charge is 2.10. The lowest BCUT2D eigenvalue weighted by atomic mass is 10.3. The lowest BCUT2D eigenvalue weighted by molar-refractivity contribution is 0.430. The van der Waals surface area contributed by atoms with Gasteiger partial charge in [-0.2, -0.15) is 10.1 Å². The maximum Gasteiger partial charge on any atom is 0.264 e. The monoisotopic (exact) mass is 246 g/mol. The van der Waals surface area contributed by atoms with E-state index in [0.717, 1.165) is 11.3 Å². The second-order valence-corrected chi connectivity index (χ2v) is 3.72. The van der Waals surface area contributed by atoms with Crippen LogP contribution in [0.25, 0.3) is 17.1 Å². The second kappa shape index (κ2) is 4.03. The molecule has 17 heavy (non-hydrogen) atoms. The summed E-state index contributed by atoms with van der Waals surface area (Å²) in [5.41, 5.74) is 1.69. The lowest BCUT2D eigenvalue weighted by Crippen LogP contribution is -1.92. The SMILES string of the molecule is Clc1noc(-c2cnn(-c3ccccc3)c2)n1. The van der Waals surface area contributed by atoms with Gasteiger partial charge >= 0.3 is 0 Å². The number of aromatic nitrogens is 4. The fourth-order valence-electron chi connectivity index (χ4n) is 1.48. The predicted octanol–water partition coefficient (Wildman–Crippen LogP) is 2.58. The molecule has 2 aromatic heterocycles. The molecular formula is C11H7ClN4O. The highest BCUT2D eigenvalue weighted by molar-refractivity contribution is 6.28. The number of rotatable bonds is 2. The molecule has 1 aromatic carbocycles. The zero-order valence-corrected chi connectivity index (χ0v) is 9.37. The summed E-state index contributed by atoms with van der Waals surface area (Å²) in [6.07, 6.45) is 3.45. The summed E-state index contributed by atoms with van der Waals surface area (Å²) in [7, 11) is 0. The van der Waals surface area contributed by atoms with Gasteiger partial charge in [-0.3, -0.25) is 0 Å². The molecule has 0 aliphatic heterocycles. The molecule has 3 aromatic rings. The average molecular weight is 247 g/mol. The summed E-state index contributed by atoms with van der Waals surface area (Å²) < 4.78 is 6.68. The Morgan fingerprint density at radius 1 is 1.18 bits per heavy atom. The maximum atomic E-state index is 5.59. The van der Waals surface area contributed by atoms with Gasteiger partial charge in [0.1, 0.15) is 0 Å². The molecule has 3 rings (SSSR count). The van der Waals surface area contributed by atoms with Crippen molar-refractivity contribution in [3.63, 3.8) is 0 Å². The molecule has 0 atom stereocenters. The number of para-hydroxylation sites is 1. The molecular weight excluding hydrogens is 240 g/mol. The second-order valence-electron chi connectivity index (χ2n) is 3.38. The van der Waals surface area contributed by atoms with E-state index in [1.54, 1.807) is 17.1 Å². The van der Waals surface area contributed by atoms with Crippen molar-refractivity contribution in [3.8, 4) is 17.1 Å². The van der Waals surface area contributed by atoms with Crippen LogP contribution in [0.5, 0.6) is 0 Å². The molecule has 0 saturated carbocycles. The van der Waals surface area contributed by atoms with Gasteiger partial charge in [0.15, 0.2) is 0 Å². The number of halogens is 1. The van der Waals surface area contributed by atoms with Gasteiger partial charge < -0.3 is 4.52 Å². The first-order chi connectivity index (χ1) is 8.33. The predicted molar refractivity (Wildman–Crippen MR) is 61.9 cm³/mol. The van der Waals surface area contributed by atoms with Crippen molar-refractivity contribution in [2.45, 2.75) is 0 Å². The van der Waals surface area contributed by atoms with E-state index in [9.17, 15) is 0 Å². The van der Waals surface area contributed by atoms with Crippen LogP contribution in [0.3, 0.4) is 0 Å². The number of hydrogen-bond donors (Lipinski definition) is 0. The van der Waals surface area contributed by atoms with E-state index in [1.165, 1.54) is 0 Å². The Kier molecular flexibility index (Phi) is 2.38. The van der Waals surface area contributed by atoms with Gasteiger partial charge in [-0.05, 0) is 28.9 Å². The Morgan fingerprint density at radius 3 is 2.71 bits per heavy atom. The van der Waals surface area contributed by atoms with Gasteiger partial charge in [-0.15, -0.1) is 0 Å². The zero-order chi connectivity index (χ0) is 11.7. The van der Waals surface area contributed by atoms with E-state index in [4.69, 9.17) is 16.1 Å². The van der Waals surface area contributed by atoms with Crippen LogP contribution >= 0.6 is 11.6 Å². The third kappa shape index (κ3) is 1.92. The Bertz CT molecular complexity index is 632. The third-order valence-corrected chi connectivity index (χ3v) is 2.41. The van der Waals surface area contributed by atoms with E-state index in [-0.39, 0.29) is 5.28 Å². The van der Waals surface area contributed by atoms with Gasteiger partial charge in [-0.25, -0.2) is 4.68 Å². The average Bonchev–Trinajstić information content (AvgIpc) is 2.98. The molecule has 0 aliphatic carbocycles. The minimum absolute atomic E-state index is 0.0902. The van der Waals surface area contributed by atoms with Crippen molar-refractivity contribution in [1.29, 1.82) is 0 Å².